The minimum atomic E-state index is -1.96. The van der Waals surface area contributed by atoms with Crippen LogP contribution in [0.1, 0.15) is 162 Å². The third-order valence-electron chi connectivity index (χ3n) is 12.0. The molecule has 432 valence electrons. The Kier molecular flexibility index (Phi) is 35.5. The highest BCUT2D eigenvalue weighted by atomic mass is 28.4. The van der Waals surface area contributed by atoms with Crippen LogP contribution in [0.5, 0.6) is 0 Å². The number of hydrogen-bond donors (Lipinski definition) is 1. The minimum absolute atomic E-state index is 0. The minimum Gasteiger partial charge on any atom is -0.462 e. The molecule has 1 aliphatic carbocycles. The van der Waals surface area contributed by atoms with Crippen LogP contribution in [0.2, 0.25) is 76.6 Å². The first kappa shape index (κ1) is 75.1. The van der Waals surface area contributed by atoms with E-state index in [4.69, 9.17) is 41.4 Å². The highest BCUT2D eigenvalue weighted by Gasteiger charge is 2.42. The van der Waals surface area contributed by atoms with Crippen molar-refractivity contribution in [3.05, 3.63) is 24.3 Å². The maximum Gasteiger partial charge on any atom is 0.407 e. The Labute approximate surface area is 451 Å². The molecule has 0 aromatic carbocycles. The second-order valence-electron chi connectivity index (χ2n) is 24.4. The fraction of sp³-hybridized carbons (Fsp3) is 0.855. The van der Waals surface area contributed by atoms with Gasteiger partial charge in [0.15, 0.2) is 33.3 Å². The maximum atomic E-state index is 12.6. The van der Waals surface area contributed by atoms with E-state index in [0.717, 1.165) is 56.3 Å². The van der Waals surface area contributed by atoms with Crippen molar-refractivity contribution in [2.45, 2.75) is 256 Å². The van der Waals surface area contributed by atoms with Crippen LogP contribution in [0, 0.1) is 10.8 Å². The van der Waals surface area contributed by atoms with Crippen LogP contribution in [0.15, 0.2) is 24.3 Å². The molecule has 1 fully saturated rings. The van der Waals surface area contributed by atoms with Gasteiger partial charge in [0.1, 0.15) is 31.4 Å². The van der Waals surface area contributed by atoms with E-state index in [1.165, 1.54) is 25.7 Å². The molecule has 18 heteroatoms. The van der Waals surface area contributed by atoms with Gasteiger partial charge in [-0.15, -0.1) is 0 Å². The topological polar surface area (TPSA) is 163 Å². The predicted molar refractivity (Wildman–Crippen MR) is 311 cm³/mol. The van der Waals surface area contributed by atoms with Gasteiger partial charge in [0, 0.05) is 30.2 Å². The SMILES string of the molecule is C.C.C=C(C)C(=O)OCCC[Si](C)(C)OC(C)(C)O[Si](C)(C)CCCC.C=C(C)C(=O)OCCOC(=O)CCC1(C)CC(NC(=O)OCCOCCC[Si](C)(C)OC(C)(C)O[Si](C)(C)CCCC)CC(C)(C)C1. The molecule has 0 spiro atoms. The number of nitrogens with one attached hydrogen (secondary N) is 1. The van der Waals surface area contributed by atoms with E-state index >= 15 is 0 Å². The number of alkyl carbamates (subject to hydrolysis) is 1. The summed E-state index contributed by atoms with van der Waals surface area (Å²) < 4.78 is 52.4. The lowest BCUT2D eigenvalue weighted by Gasteiger charge is -2.46. The van der Waals surface area contributed by atoms with Crippen LogP contribution in [0.3, 0.4) is 0 Å². The van der Waals surface area contributed by atoms with E-state index in [9.17, 15) is 19.2 Å². The van der Waals surface area contributed by atoms with Crippen LogP contribution in [0.25, 0.3) is 0 Å². The quantitative estimate of drug-likeness (QED) is 0.0162. The third-order valence-corrected chi connectivity index (χ3v) is 22.4. The van der Waals surface area contributed by atoms with Crippen LogP contribution in [-0.2, 0) is 55.8 Å². The molecule has 1 N–H and O–H groups in total. The Morgan fingerprint density at radius 3 is 1.37 bits per heavy atom. The number of unbranched alkanes of at least 4 members (excludes halogenated alkanes) is 2. The highest BCUT2D eigenvalue weighted by molar-refractivity contribution is 6.73. The van der Waals surface area contributed by atoms with Crippen molar-refractivity contribution in [2.75, 3.05) is 39.6 Å². The molecule has 0 heterocycles. The summed E-state index contributed by atoms with van der Waals surface area (Å²) in [5.41, 5.74) is 0.585. The molecule has 1 amide bonds. The van der Waals surface area contributed by atoms with Gasteiger partial charge in [-0.2, -0.15) is 0 Å². The molecule has 0 radical (unpaired) electrons. The Morgan fingerprint density at radius 2 is 0.945 bits per heavy atom. The fourth-order valence-electron chi connectivity index (χ4n) is 9.82. The van der Waals surface area contributed by atoms with Gasteiger partial charge in [-0.3, -0.25) is 4.79 Å². The van der Waals surface area contributed by atoms with Crippen LogP contribution >= 0.6 is 0 Å². The number of esters is 3. The van der Waals surface area contributed by atoms with Crippen molar-refractivity contribution in [3.8, 4) is 0 Å². The number of amides is 1. The molecule has 0 bridgehead atoms. The predicted octanol–water partition coefficient (Wildman–Crippen LogP) is 14.9. The summed E-state index contributed by atoms with van der Waals surface area (Å²) in [6.45, 7) is 48.9. The van der Waals surface area contributed by atoms with E-state index in [1.54, 1.807) is 13.8 Å². The molecule has 0 saturated heterocycles. The van der Waals surface area contributed by atoms with Gasteiger partial charge in [0.2, 0.25) is 0 Å². The van der Waals surface area contributed by atoms with E-state index < -0.39 is 56.9 Å². The third kappa shape index (κ3) is 38.1. The standard InChI is InChI=1S/C35H67NO9Si2.C18H38O4Si2.2CH4/c1-13-14-23-46(9,10)44-34(6,7)45-47(11,12)24-15-18-40-19-20-43-32(39)36-29-25-33(4,5)27-35(8,26-29)17-16-30(37)41-21-22-42-31(38)28(2)3;1-10-11-14-23(6,7)21-18(4,5)22-24(8,9)15-12-13-20-17(19)16(2)3;;/h29H,2,13-27H2,1,3-12H3,(H,36,39);2,10-15H2,1,3-9H3;2*1H4. The largest absolute Gasteiger partial charge is 0.462 e. The summed E-state index contributed by atoms with van der Waals surface area (Å²) >= 11 is 0. The number of carbonyl (C=O) groups is 4. The van der Waals surface area contributed by atoms with Crippen molar-refractivity contribution in [3.63, 3.8) is 0 Å². The van der Waals surface area contributed by atoms with Gasteiger partial charge in [-0.25, -0.2) is 14.4 Å². The summed E-state index contributed by atoms with van der Waals surface area (Å²) in [6, 6.07) is 4.13. The van der Waals surface area contributed by atoms with Crippen LogP contribution < -0.4 is 5.32 Å². The van der Waals surface area contributed by atoms with Gasteiger partial charge in [0.05, 0.1) is 13.2 Å². The first-order valence-electron chi connectivity index (χ1n) is 26.5. The first-order chi connectivity index (χ1) is 32.4. The molecule has 2 unspecified atom stereocenters. The molecule has 14 nitrogen and oxygen atoms in total. The van der Waals surface area contributed by atoms with E-state index in [2.05, 4.69) is 105 Å². The summed E-state index contributed by atoms with van der Waals surface area (Å²) in [6.07, 6.45) is 9.41. The van der Waals surface area contributed by atoms with Crippen LogP contribution in [0.4, 0.5) is 4.79 Å². The lowest BCUT2D eigenvalue weighted by molar-refractivity contribution is -0.150. The highest BCUT2D eigenvalue weighted by Crippen LogP contribution is 2.48. The van der Waals surface area contributed by atoms with Crippen molar-refractivity contribution < 1.29 is 60.6 Å². The zero-order valence-corrected chi connectivity index (χ0v) is 52.6. The number of carbonyl (C=O) groups excluding carboxylic acids is 4. The molecule has 1 aliphatic rings. The van der Waals surface area contributed by atoms with Gasteiger partial charge >= 0.3 is 24.0 Å². The first-order valence-corrected chi connectivity index (χ1v) is 39.0. The number of rotatable bonds is 34. The van der Waals surface area contributed by atoms with Gasteiger partial charge < -0.3 is 46.7 Å². The average molecular weight is 1110 g/mol. The van der Waals surface area contributed by atoms with E-state index in [-0.39, 0.29) is 69.9 Å². The second kappa shape index (κ2) is 34.6. The summed E-state index contributed by atoms with van der Waals surface area (Å²) in [5, 5.41) is 3.04. The van der Waals surface area contributed by atoms with E-state index in [0.29, 0.717) is 37.4 Å². The molecule has 1 saturated carbocycles. The molecule has 0 aromatic rings. The van der Waals surface area contributed by atoms with Gasteiger partial charge in [0.25, 0.3) is 0 Å². The Balaban J connectivity index is -0.00000159. The van der Waals surface area contributed by atoms with Crippen molar-refractivity contribution >= 4 is 57.3 Å². The summed E-state index contributed by atoms with van der Waals surface area (Å²) in [5.74, 6) is -2.28. The number of ether oxygens (including phenoxy) is 5. The van der Waals surface area contributed by atoms with Gasteiger partial charge in [-0.05, 0) is 167 Å². The Hall–Kier alpha value is -2.17. The fourth-order valence-corrected chi connectivity index (χ4v) is 20.3. The van der Waals surface area contributed by atoms with Crippen molar-refractivity contribution in [1.82, 2.24) is 5.32 Å². The smallest absolute Gasteiger partial charge is 0.407 e. The van der Waals surface area contributed by atoms with E-state index in [1.807, 2.05) is 27.7 Å². The molecular weight excluding hydrogens is 995 g/mol. The summed E-state index contributed by atoms with van der Waals surface area (Å²) in [4.78, 5) is 47.8. The molecular formula is C55H113NO13Si4. The van der Waals surface area contributed by atoms with Gasteiger partial charge in [-0.1, -0.05) is 88.3 Å². The van der Waals surface area contributed by atoms with Crippen molar-refractivity contribution in [1.29, 1.82) is 0 Å². The average Bonchev–Trinajstić information content (AvgIpc) is 3.18. The molecule has 73 heavy (non-hydrogen) atoms. The lowest BCUT2D eigenvalue weighted by atomic mass is 9.61. The molecule has 0 aromatic heterocycles. The maximum absolute atomic E-state index is 12.6. The van der Waals surface area contributed by atoms with Crippen LogP contribution in [-0.4, -0.2) is 115 Å². The molecule has 0 aliphatic heterocycles. The van der Waals surface area contributed by atoms with Crippen molar-refractivity contribution in [2.24, 2.45) is 10.8 Å². The number of hydrogen-bond acceptors (Lipinski definition) is 13. The normalized spacial score (nSPS) is 17.1. The second-order valence-corrected chi connectivity index (χ2v) is 41.3. The summed E-state index contributed by atoms with van der Waals surface area (Å²) in [7, 11) is -7.32. The Bertz CT molecular complexity index is 1650. The zero-order valence-electron chi connectivity index (χ0n) is 48.6. The lowest BCUT2D eigenvalue weighted by Crippen LogP contribution is -2.48. The molecule has 2 atom stereocenters. The Morgan fingerprint density at radius 1 is 0.562 bits per heavy atom. The zero-order chi connectivity index (χ0) is 55.0. The molecule has 1 rings (SSSR count). The monoisotopic (exact) mass is 1110 g/mol.